The van der Waals surface area contributed by atoms with Crippen LogP contribution in [-0.2, 0) is 14.8 Å². The summed E-state index contributed by atoms with van der Waals surface area (Å²) in [5.41, 5.74) is 0.313. The van der Waals surface area contributed by atoms with Gasteiger partial charge in [0.2, 0.25) is 0 Å². The van der Waals surface area contributed by atoms with Crippen molar-refractivity contribution in [3.63, 3.8) is 0 Å². The van der Waals surface area contributed by atoms with Crippen molar-refractivity contribution in [2.75, 3.05) is 23.1 Å². The first-order chi connectivity index (χ1) is 15.6. The van der Waals surface area contributed by atoms with E-state index < -0.39 is 27.4 Å². The highest BCUT2D eigenvalue weighted by Crippen LogP contribution is 2.36. The molecule has 0 bridgehead atoms. The highest BCUT2D eigenvalue weighted by atomic mass is 35.5. The van der Waals surface area contributed by atoms with Crippen LogP contribution in [0.25, 0.3) is 0 Å². The molecule has 1 heterocycles. The average Bonchev–Trinajstić information content (AvgIpc) is 3.23. The number of hydrogen-bond acceptors (Lipinski definition) is 5. The third kappa shape index (κ3) is 6.50. The zero-order chi connectivity index (χ0) is 24.2. The summed E-state index contributed by atoms with van der Waals surface area (Å²) in [6, 6.07) is 10.3. The molecule has 0 spiro atoms. The van der Waals surface area contributed by atoms with E-state index in [1.807, 2.05) is 11.8 Å². The van der Waals surface area contributed by atoms with E-state index in [2.05, 4.69) is 0 Å². The van der Waals surface area contributed by atoms with Gasteiger partial charge in [0.25, 0.3) is 10.0 Å². The number of thioether (sulfide) groups is 1. The first-order valence-corrected chi connectivity index (χ1v) is 14.1. The van der Waals surface area contributed by atoms with E-state index in [-0.39, 0.29) is 9.92 Å². The van der Waals surface area contributed by atoms with Gasteiger partial charge in [-0.15, -0.1) is 11.8 Å². The van der Waals surface area contributed by atoms with Gasteiger partial charge in [0.05, 0.1) is 15.6 Å². The second-order valence-electron chi connectivity index (χ2n) is 7.79. The Labute approximate surface area is 213 Å². The minimum atomic E-state index is -3.94. The average molecular weight is 552 g/mol. The van der Waals surface area contributed by atoms with Crippen LogP contribution in [0.15, 0.2) is 47.4 Å². The van der Waals surface area contributed by atoms with Crippen molar-refractivity contribution in [2.45, 2.75) is 42.5 Å². The second-order valence-corrected chi connectivity index (χ2v) is 12.1. The standard InChI is InChI=1S/C22H25Cl3N2O4S2/c1-15(4-2-3-11-26-12-13-32-21(26)22(28)29)27(20-14-17(24)7-10-19(20)25)33(30,31)18-8-5-16(23)6-9-18/h5-10,14-15,21H,2-4,11-13H2,1H3,(H,28,29)/t15?,21-/m1/s1. The van der Waals surface area contributed by atoms with Gasteiger partial charge in [-0.05, 0) is 68.8 Å². The van der Waals surface area contributed by atoms with Crippen molar-refractivity contribution in [3.8, 4) is 0 Å². The Morgan fingerprint density at radius 2 is 1.82 bits per heavy atom. The molecule has 3 rings (SSSR count). The number of sulfonamides is 1. The molecule has 0 saturated carbocycles. The summed E-state index contributed by atoms with van der Waals surface area (Å²) in [6.07, 6.45) is 2.04. The number of halogens is 3. The van der Waals surface area contributed by atoms with Crippen molar-refractivity contribution in [2.24, 2.45) is 0 Å². The Morgan fingerprint density at radius 1 is 1.15 bits per heavy atom. The van der Waals surface area contributed by atoms with E-state index in [1.165, 1.54) is 40.3 Å². The molecule has 180 valence electrons. The number of aliphatic carboxylic acids is 1. The summed E-state index contributed by atoms with van der Waals surface area (Å²) in [5.74, 6) is -0.0185. The fraction of sp³-hybridized carbons (Fsp3) is 0.409. The van der Waals surface area contributed by atoms with Crippen LogP contribution < -0.4 is 4.31 Å². The molecule has 1 saturated heterocycles. The SMILES string of the molecule is CC(CCCCN1CCS[C@@H]1C(=O)O)N(c1cc(Cl)ccc1Cl)S(=O)(=O)c1ccc(Cl)cc1. The van der Waals surface area contributed by atoms with E-state index in [0.29, 0.717) is 28.7 Å². The van der Waals surface area contributed by atoms with Gasteiger partial charge in [-0.25, -0.2) is 13.2 Å². The molecule has 1 aliphatic heterocycles. The Hall–Kier alpha value is -1.16. The predicted molar refractivity (Wildman–Crippen MR) is 136 cm³/mol. The quantitative estimate of drug-likeness (QED) is 0.373. The van der Waals surface area contributed by atoms with Crippen molar-refractivity contribution in [1.82, 2.24) is 4.90 Å². The number of hydrogen-bond donors (Lipinski definition) is 1. The summed E-state index contributed by atoms with van der Waals surface area (Å²) in [6.45, 7) is 3.22. The predicted octanol–water partition coefficient (Wildman–Crippen LogP) is 5.86. The van der Waals surface area contributed by atoms with E-state index in [4.69, 9.17) is 34.8 Å². The van der Waals surface area contributed by atoms with Crippen LogP contribution in [-0.4, -0.2) is 54.7 Å². The number of unbranched alkanes of at least 4 members (excludes halogenated alkanes) is 1. The Kier molecular flexibility index (Phi) is 9.23. The molecule has 1 fully saturated rings. The normalized spacial score (nSPS) is 17.8. The third-order valence-corrected chi connectivity index (χ3v) is 9.41. The summed E-state index contributed by atoms with van der Waals surface area (Å²) in [7, 11) is -3.94. The fourth-order valence-corrected chi connectivity index (χ4v) is 7.19. The molecule has 0 radical (unpaired) electrons. The lowest BCUT2D eigenvalue weighted by Gasteiger charge is -2.31. The maximum atomic E-state index is 13.6. The van der Waals surface area contributed by atoms with Gasteiger partial charge in [0.15, 0.2) is 5.37 Å². The Bertz CT molecular complexity index is 1080. The van der Waals surface area contributed by atoms with Gasteiger partial charge in [0, 0.05) is 28.4 Å². The van der Waals surface area contributed by atoms with Crippen LogP contribution in [0.3, 0.4) is 0 Å². The fourth-order valence-electron chi connectivity index (χ4n) is 3.81. The van der Waals surface area contributed by atoms with Crippen LogP contribution in [0.2, 0.25) is 15.1 Å². The number of carboxylic acids is 1. The summed E-state index contributed by atoms with van der Waals surface area (Å²) >= 11 is 19.9. The third-order valence-electron chi connectivity index (χ3n) is 5.43. The van der Waals surface area contributed by atoms with Gasteiger partial charge < -0.3 is 5.11 Å². The molecule has 2 aromatic carbocycles. The molecule has 2 aromatic rings. The van der Waals surface area contributed by atoms with Crippen LogP contribution in [0, 0.1) is 0 Å². The number of carboxylic acid groups (broad SMARTS) is 1. The molecule has 1 unspecified atom stereocenters. The number of carbonyl (C=O) groups is 1. The van der Waals surface area contributed by atoms with Crippen molar-refractivity contribution in [3.05, 3.63) is 57.5 Å². The molecule has 0 aliphatic carbocycles. The van der Waals surface area contributed by atoms with Gasteiger partial charge in [0.1, 0.15) is 0 Å². The molecule has 0 aromatic heterocycles. The zero-order valence-corrected chi connectivity index (χ0v) is 21.9. The lowest BCUT2D eigenvalue weighted by molar-refractivity contribution is -0.139. The number of rotatable bonds is 10. The monoisotopic (exact) mass is 550 g/mol. The largest absolute Gasteiger partial charge is 0.479 e. The molecule has 1 N–H and O–H groups in total. The van der Waals surface area contributed by atoms with E-state index in [1.54, 1.807) is 18.2 Å². The number of benzene rings is 2. The van der Waals surface area contributed by atoms with E-state index >= 15 is 0 Å². The van der Waals surface area contributed by atoms with Crippen LogP contribution in [0.1, 0.15) is 26.2 Å². The van der Waals surface area contributed by atoms with Crippen molar-refractivity contribution < 1.29 is 18.3 Å². The number of nitrogens with zero attached hydrogens (tertiary/aromatic N) is 2. The minimum Gasteiger partial charge on any atom is -0.479 e. The highest BCUT2D eigenvalue weighted by molar-refractivity contribution is 8.00. The van der Waals surface area contributed by atoms with Crippen molar-refractivity contribution in [1.29, 1.82) is 0 Å². The molecule has 6 nitrogen and oxygen atoms in total. The van der Waals surface area contributed by atoms with E-state index in [0.717, 1.165) is 25.1 Å². The van der Waals surface area contributed by atoms with Crippen LogP contribution in [0.5, 0.6) is 0 Å². The smallest absolute Gasteiger partial charge is 0.331 e. The summed E-state index contributed by atoms with van der Waals surface area (Å²) < 4.78 is 28.5. The highest BCUT2D eigenvalue weighted by Gasteiger charge is 2.32. The Morgan fingerprint density at radius 3 is 2.48 bits per heavy atom. The molecule has 0 amide bonds. The molecule has 33 heavy (non-hydrogen) atoms. The first kappa shape index (κ1) is 26.4. The van der Waals surface area contributed by atoms with Crippen molar-refractivity contribution >= 4 is 68.2 Å². The summed E-state index contributed by atoms with van der Waals surface area (Å²) in [4.78, 5) is 13.4. The molecule has 11 heteroatoms. The molecular weight excluding hydrogens is 527 g/mol. The zero-order valence-electron chi connectivity index (χ0n) is 18.0. The van der Waals surface area contributed by atoms with Crippen LogP contribution in [0.4, 0.5) is 5.69 Å². The van der Waals surface area contributed by atoms with Gasteiger partial charge in [-0.3, -0.25) is 9.21 Å². The summed E-state index contributed by atoms with van der Waals surface area (Å²) in [5, 5.41) is 9.92. The Balaban J connectivity index is 1.78. The van der Waals surface area contributed by atoms with E-state index in [9.17, 15) is 18.3 Å². The number of anilines is 1. The van der Waals surface area contributed by atoms with Gasteiger partial charge >= 0.3 is 5.97 Å². The maximum absolute atomic E-state index is 13.6. The molecule has 2 atom stereocenters. The minimum absolute atomic E-state index is 0.105. The lowest BCUT2D eigenvalue weighted by atomic mass is 10.1. The van der Waals surface area contributed by atoms with Crippen LogP contribution >= 0.6 is 46.6 Å². The molecular formula is C22H25Cl3N2O4S2. The second kappa shape index (κ2) is 11.5. The lowest BCUT2D eigenvalue weighted by Crippen LogP contribution is -2.39. The maximum Gasteiger partial charge on any atom is 0.331 e. The van der Waals surface area contributed by atoms with Gasteiger partial charge in [-0.2, -0.15) is 0 Å². The topological polar surface area (TPSA) is 77.9 Å². The van der Waals surface area contributed by atoms with Gasteiger partial charge in [-0.1, -0.05) is 41.2 Å². The molecule has 1 aliphatic rings. The first-order valence-electron chi connectivity index (χ1n) is 10.4.